The predicted molar refractivity (Wildman–Crippen MR) is 177 cm³/mol. The van der Waals surface area contributed by atoms with Crippen molar-refractivity contribution in [3.8, 4) is 22.3 Å². The quantitative estimate of drug-likeness (QED) is 0.149. The van der Waals surface area contributed by atoms with Crippen molar-refractivity contribution in [2.45, 2.75) is 19.3 Å². The Balaban J connectivity index is 1.44. The average molecular weight is 521 g/mol. The lowest BCUT2D eigenvalue weighted by Crippen LogP contribution is -2.15. The van der Waals surface area contributed by atoms with Crippen LogP contribution >= 0.6 is 0 Å². The van der Waals surface area contributed by atoms with Gasteiger partial charge >= 0.3 is 0 Å². The van der Waals surface area contributed by atoms with Crippen LogP contribution in [-0.4, -0.2) is 0 Å². The summed E-state index contributed by atoms with van der Waals surface area (Å²) < 4.78 is 0. The largest absolute Gasteiger partial charge is 0.0616 e. The Bertz CT molecular complexity index is 2330. The van der Waals surface area contributed by atoms with Crippen LogP contribution in [0.2, 0.25) is 0 Å². The summed E-state index contributed by atoms with van der Waals surface area (Å²) in [4.78, 5) is 0. The van der Waals surface area contributed by atoms with E-state index in [4.69, 9.17) is 0 Å². The number of hydrogen-bond donors (Lipinski definition) is 0. The molecular weight excluding hydrogens is 492 g/mol. The van der Waals surface area contributed by atoms with Crippen LogP contribution in [0.3, 0.4) is 0 Å². The van der Waals surface area contributed by atoms with E-state index < -0.39 is 0 Å². The Labute approximate surface area is 239 Å². The van der Waals surface area contributed by atoms with Crippen LogP contribution in [0.5, 0.6) is 0 Å². The molecule has 0 aliphatic heterocycles. The molecule has 8 aromatic carbocycles. The number of fused-ring (bicyclic) bond motifs is 12. The topological polar surface area (TPSA) is 0 Å². The zero-order valence-corrected chi connectivity index (χ0v) is 23.2. The molecule has 0 atom stereocenters. The molecule has 0 fully saturated rings. The Morgan fingerprint density at radius 3 is 1.61 bits per heavy atom. The SMILES string of the molecule is CC1(C)c2ccc3ccccc3c2-c2c1c1ccc(-c3c4ccccc4cc4ccccc34)cc1c1ccccc21. The minimum atomic E-state index is -0.107. The first kappa shape index (κ1) is 22.8. The first-order chi connectivity index (χ1) is 20.1. The molecule has 41 heavy (non-hydrogen) atoms. The Morgan fingerprint density at radius 2 is 0.927 bits per heavy atom. The molecule has 9 rings (SSSR count). The van der Waals surface area contributed by atoms with Gasteiger partial charge in [-0.25, -0.2) is 0 Å². The van der Waals surface area contributed by atoms with Crippen LogP contribution in [0.25, 0.3) is 76.1 Å². The fraction of sp³-hybridized carbons (Fsp3) is 0.0732. The molecule has 0 saturated heterocycles. The maximum Gasteiger partial charge on any atom is 0.0165 e. The lowest BCUT2D eigenvalue weighted by atomic mass is 9.78. The van der Waals surface area contributed by atoms with E-state index in [9.17, 15) is 0 Å². The van der Waals surface area contributed by atoms with Gasteiger partial charge in [-0.1, -0.05) is 135 Å². The van der Waals surface area contributed by atoms with Gasteiger partial charge < -0.3 is 0 Å². The molecule has 0 heterocycles. The molecule has 1 aliphatic carbocycles. The van der Waals surface area contributed by atoms with Crippen LogP contribution in [0.1, 0.15) is 25.0 Å². The lowest BCUT2D eigenvalue weighted by Gasteiger charge is -2.24. The van der Waals surface area contributed by atoms with E-state index in [1.807, 2.05) is 0 Å². The minimum absolute atomic E-state index is 0.107. The minimum Gasteiger partial charge on any atom is -0.0616 e. The van der Waals surface area contributed by atoms with Crippen molar-refractivity contribution in [2.24, 2.45) is 0 Å². The summed E-state index contributed by atoms with van der Waals surface area (Å²) in [6, 6.07) is 49.7. The molecule has 1 aliphatic rings. The fourth-order valence-electron chi connectivity index (χ4n) is 7.78. The van der Waals surface area contributed by atoms with Gasteiger partial charge in [0.05, 0.1) is 0 Å². The van der Waals surface area contributed by atoms with Crippen molar-refractivity contribution in [3.63, 3.8) is 0 Å². The molecule has 0 aromatic heterocycles. The summed E-state index contributed by atoms with van der Waals surface area (Å²) in [7, 11) is 0. The van der Waals surface area contributed by atoms with Gasteiger partial charge in [0.15, 0.2) is 0 Å². The second-order valence-electron chi connectivity index (χ2n) is 12.1. The molecule has 0 N–H and O–H groups in total. The lowest BCUT2D eigenvalue weighted by molar-refractivity contribution is 0.667. The predicted octanol–water partition coefficient (Wildman–Crippen LogP) is 11.4. The standard InChI is InChI=1S/C41H28/c1-41(2)36-22-20-25-11-3-6-14-29(25)38(36)39-33-18-10-9-17-32(33)35-24-28(19-21-34(35)40(39)41)37-30-15-7-4-12-26(30)23-27-13-5-8-16-31(27)37/h3-24H,1-2H3. The van der Waals surface area contributed by atoms with E-state index in [0.29, 0.717) is 0 Å². The van der Waals surface area contributed by atoms with Gasteiger partial charge in [0, 0.05) is 5.41 Å². The van der Waals surface area contributed by atoms with Crippen LogP contribution < -0.4 is 0 Å². The molecule has 0 radical (unpaired) electrons. The molecule has 192 valence electrons. The van der Waals surface area contributed by atoms with E-state index in [-0.39, 0.29) is 5.41 Å². The van der Waals surface area contributed by atoms with Crippen molar-refractivity contribution in [1.29, 1.82) is 0 Å². The van der Waals surface area contributed by atoms with Gasteiger partial charge in [0.1, 0.15) is 0 Å². The van der Waals surface area contributed by atoms with Crippen molar-refractivity contribution in [2.75, 3.05) is 0 Å². The van der Waals surface area contributed by atoms with Crippen LogP contribution in [-0.2, 0) is 5.41 Å². The van der Waals surface area contributed by atoms with E-state index in [1.54, 1.807) is 0 Å². The molecule has 0 nitrogen and oxygen atoms in total. The second kappa shape index (κ2) is 8.05. The molecular formula is C41H28. The van der Waals surface area contributed by atoms with Crippen molar-refractivity contribution in [1.82, 2.24) is 0 Å². The summed E-state index contributed by atoms with van der Waals surface area (Å²) in [6.07, 6.45) is 0. The monoisotopic (exact) mass is 520 g/mol. The summed E-state index contributed by atoms with van der Waals surface area (Å²) >= 11 is 0. The molecule has 0 amide bonds. The molecule has 0 bridgehead atoms. The molecule has 8 aromatic rings. The normalized spacial score (nSPS) is 13.8. The summed E-state index contributed by atoms with van der Waals surface area (Å²) in [5.41, 5.74) is 8.18. The Morgan fingerprint density at radius 1 is 0.366 bits per heavy atom. The number of hydrogen-bond acceptors (Lipinski definition) is 0. The zero-order valence-electron chi connectivity index (χ0n) is 23.2. The second-order valence-corrected chi connectivity index (χ2v) is 12.1. The summed E-state index contributed by atoms with van der Waals surface area (Å²) in [5, 5.41) is 13.2. The highest BCUT2D eigenvalue weighted by atomic mass is 14.4. The van der Waals surface area contributed by atoms with Gasteiger partial charge in [-0.05, 0) is 99.4 Å². The van der Waals surface area contributed by atoms with Crippen molar-refractivity contribution in [3.05, 3.63) is 145 Å². The smallest absolute Gasteiger partial charge is 0.0165 e. The van der Waals surface area contributed by atoms with Gasteiger partial charge in [-0.2, -0.15) is 0 Å². The Kier molecular flexibility index (Phi) is 4.49. The molecule has 0 unspecified atom stereocenters. The van der Waals surface area contributed by atoms with E-state index in [1.165, 1.54) is 87.2 Å². The summed E-state index contributed by atoms with van der Waals surface area (Å²) in [6.45, 7) is 4.82. The summed E-state index contributed by atoms with van der Waals surface area (Å²) in [5.74, 6) is 0. The highest BCUT2D eigenvalue weighted by Crippen LogP contribution is 2.56. The van der Waals surface area contributed by atoms with E-state index in [0.717, 1.165) is 0 Å². The molecule has 0 saturated carbocycles. The van der Waals surface area contributed by atoms with Crippen LogP contribution in [0, 0.1) is 0 Å². The molecule has 0 heteroatoms. The Hall–Kier alpha value is -4.94. The van der Waals surface area contributed by atoms with Crippen LogP contribution in [0.4, 0.5) is 0 Å². The van der Waals surface area contributed by atoms with Gasteiger partial charge in [0.25, 0.3) is 0 Å². The van der Waals surface area contributed by atoms with E-state index >= 15 is 0 Å². The highest BCUT2D eigenvalue weighted by molar-refractivity contribution is 6.22. The highest BCUT2D eigenvalue weighted by Gasteiger charge is 2.39. The fourth-order valence-corrected chi connectivity index (χ4v) is 7.78. The first-order valence-corrected chi connectivity index (χ1v) is 14.5. The van der Waals surface area contributed by atoms with Gasteiger partial charge in [-0.15, -0.1) is 0 Å². The third-order valence-corrected chi connectivity index (χ3v) is 9.56. The third-order valence-electron chi connectivity index (χ3n) is 9.56. The zero-order chi connectivity index (χ0) is 27.3. The van der Waals surface area contributed by atoms with Gasteiger partial charge in [0.2, 0.25) is 0 Å². The molecule has 0 spiro atoms. The maximum atomic E-state index is 2.46. The average Bonchev–Trinajstić information content (AvgIpc) is 3.27. The number of benzene rings is 8. The van der Waals surface area contributed by atoms with Crippen LogP contribution in [0.15, 0.2) is 133 Å². The number of rotatable bonds is 1. The van der Waals surface area contributed by atoms with Gasteiger partial charge in [-0.3, -0.25) is 0 Å². The third kappa shape index (κ3) is 3.00. The van der Waals surface area contributed by atoms with Crippen molar-refractivity contribution >= 4 is 53.9 Å². The first-order valence-electron chi connectivity index (χ1n) is 14.5. The maximum absolute atomic E-state index is 2.46. The van der Waals surface area contributed by atoms with E-state index in [2.05, 4.69) is 147 Å². The van der Waals surface area contributed by atoms with Crippen molar-refractivity contribution < 1.29 is 0 Å².